The molecule has 13 nitrogen and oxygen atoms in total. The highest BCUT2D eigenvalue weighted by atomic mass is 35.5. The maximum atomic E-state index is 13.2. The van der Waals surface area contributed by atoms with Crippen LogP contribution in [0.1, 0.15) is 42.3 Å². The molecular weight excluding hydrogens is 570 g/mol. The van der Waals surface area contributed by atoms with Gasteiger partial charge in [-0.15, -0.1) is 0 Å². The Balaban J connectivity index is 1.92. The Morgan fingerprint density at radius 1 is 1.14 bits per heavy atom. The average molecular weight is 600 g/mol. The number of nitrogens with two attached hydrogens (primary N) is 1. The molecule has 0 aliphatic rings. The van der Waals surface area contributed by atoms with Gasteiger partial charge in [0.15, 0.2) is 23.9 Å². The number of amides is 1. The summed E-state index contributed by atoms with van der Waals surface area (Å²) in [5.41, 5.74) is 7.06. The fourth-order valence-electron chi connectivity index (χ4n) is 3.75. The van der Waals surface area contributed by atoms with Crippen LogP contribution in [0.2, 0.25) is 5.02 Å². The summed E-state index contributed by atoms with van der Waals surface area (Å²) in [4.78, 5) is 36.3. The number of ether oxygens (including phenoxy) is 3. The quantitative estimate of drug-likeness (QED) is 0.0523. The number of nitro groups is 1. The predicted molar refractivity (Wildman–Crippen MR) is 157 cm³/mol. The number of esters is 1. The highest BCUT2D eigenvalue weighted by molar-refractivity contribution is 6.31. The summed E-state index contributed by atoms with van der Waals surface area (Å²) in [5.74, 6) is -1.02. The molecule has 0 heterocycles. The Hall–Kier alpha value is -5.04. The summed E-state index contributed by atoms with van der Waals surface area (Å²) >= 11 is 6.19. The number of nitrogens with one attached hydrogen (secondary N) is 2. The minimum Gasteiger partial charge on any atom is -0.487 e. The topological polar surface area (TPSA) is 188 Å². The average Bonchev–Trinajstić information content (AvgIpc) is 2.95. The van der Waals surface area contributed by atoms with Crippen LogP contribution in [-0.4, -0.2) is 47.2 Å². The van der Waals surface area contributed by atoms with E-state index in [0.717, 1.165) is 0 Å². The van der Waals surface area contributed by atoms with Crippen LogP contribution in [0.5, 0.6) is 11.5 Å². The molecule has 0 aliphatic carbocycles. The molecule has 0 aliphatic heterocycles. The molecule has 1 amide bonds. The number of carbonyl (C=O) groups is 2. The van der Waals surface area contributed by atoms with Crippen molar-refractivity contribution < 1.29 is 33.9 Å². The molecule has 14 heteroatoms. The van der Waals surface area contributed by atoms with Crippen molar-refractivity contribution in [3.05, 3.63) is 86.4 Å². The number of oxime groups is 1. The number of halogens is 1. The zero-order valence-corrected chi connectivity index (χ0v) is 23.8. The lowest BCUT2D eigenvalue weighted by atomic mass is 10.1. The van der Waals surface area contributed by atoms with Crippen molar-refractivity contribution in [2.24, 2.45) is 10.9 Å². The van der Waals surface area contributed by atoms with Gasteiger partial charge in [-0.25, -0.2) is 4.79 Å². The van der Waals surface area contributed by atoms with E-state index in [2.05, 4.69) is 15.8 Å². The van der Waals surface area contributed by atoms with E-state index in [0.29, 0.717) is 27.5 Å². The summed E-state index contributed by atoms with van der Waals surface area (Å²) in [6, 6.07) is 13.4. The predicted octanol–water partition coefficient (Wildman–Crippen LogP) is 4.94. The molecule has 3 rings (SSSR count). The van der Waals surface area contributed by atoms with E-state index in [1.807, 2.05) is 0 Å². The van der Waals surface area contributed by atoms with Gasteiger partial charge in [-0.2, -0.15) is 0 Å². The Labute approximate surface area is 246 Å². The number of nitro benzene ring substituents is 1. The number of benzene rings is 3. The lowest BCUT2D eigenvalue weighted by Crippen LogP contribution is -2.18. The van der Waals surface area contributed by atoms with Crippen molar-refractivity contribution in [3.63, 3.8) is 0 Å². The SMILES string of the molecule is CCOC(=O)COc1c(CNc2ccc(Cl)cc2C(=O)Nc2ccc(/C(N)=N/O)cc2)cc([N+](=O)[O-])cc1OC(C)C. The highest BCUT2D eigenvalue weighted by Crippen LogP contribution is 2.37. The standard InChI is InChI=1S/C28H30ClN5O8/c1-4-40-25(35)15-41-26-18(11-21(34(38)39)13-24(26)42-16(2)3)14-31-23-10-7-19(29)12-22(23)28(36)32-20-8-5-17(6-9-20)27(30)33-37/h5-13,16,31,37H,4,14-15H2,1-3H3,(H2,30,33)(H,32,36). The molecule has 0 fully saturated rings. The molecule has 5 N–H and O–H groups in total. The molecule has 0 saturated carbocycles. The number of amidine groups is 1. The zero-order valence-electron chi connectivity index (χ0n) is 23.0. The van der Waals surface area contributed by atoms with Crippen molar-refractivity contribution in [2.45, 2.75) is 33.4 Å². The van der Waals surface area contributed by atoms with Crippen molar-refractivity contribution >= 4 is 46.4 Å². The molecule has 3 aromatic carbocycles. The van der Waals surface area contributed by atoms with E-state index in [1.54, 1.807) is 57.2 Å². The smallest absolute Gasteiger partial charge is 0.344 e. The first-order chi connectivity index (χ1) is 20.0. The number of non-ortho nitro benzene ring substituents is 1. The number of hydrogen-bond donors (Lipinski definition) is 4. The van der Waals surface area contributed by atoms with Crippen LogP contribution >= 0.6 is 11.6 Å². The number of anilines is 2. The molecule has 0 radical (unpaired) electrons. The van der Waals surface area contributed by atoms with E-state index in [4.69, 9.17) is 36.8 Å². The van der Waals surface area contributed by atoms with E-state index >= 15 is 0 Å². The maximum absolute atomic E-state index is 13.2. The van der Waals surface area contributed by atoms with Gasteiger partial charge >= 0.3 is 5.97 Å². The maximum Gasteiger partial charge on any atom is 0.344 e. The summed E-state index contributed by atoms with van der Waals surface area (Å²) in [6.45, 7) is 4.80. The van der Waals surface area contributed by atoms with Gasteiger partial charge in [-0.1, -0.05) is 16.8 Å². The third-order valence-electron chi connectivity index (χ3n) is 5.57. The van der Waals surface area contributed by atoms with Crippen molar-refractivity contribution in [1.82, 2.24) is 0 Å². The summed E-state index contributed by atoms with van der Waals surface area (Å²) in [5, 5.41) is 29.6. The van der Waals surface area contributed by atoms with Crippen LogP contribution in [0.3, 0.4) is 0 Å². The first kappa shape index (κ1) is 31.5. The van der Waals surface area contributed by atoms with E-state index in [9.17, 15) is 19.7 Å². The Bertz CT molecular complexity index is 1480. The molecule has 3 aromatic rings. The van der Waals surface area contributed by atoms with Gasteiger partial charge in [0, 0.05) is 40.1 Å². The van der Waals surface area contributed by atoms with Gasteiger partial charge in [0.25, 0.3) is 11.6 Å². The fraction of sp³-hybridized carbons (Fsp3) is 0.250. The third kappa shape index (κ3) is 8.48. The first-order valence-electron chi connectivity index (χ1n) is 12.7. The van der Waals surface area contributed by atoms with E-state index in [1.165, 1.54) is 18.2 Å². The van der Waals surface area contributed by atoms with Crippen LogP contribution in [0, 0.1) is 10.1 Å². The van der Waals surface area contributed by atoms with E-state index in [-0.39, 0.29) is 47.8 Å². The Morgan fingerprint density at radius 2 is 1.86 bits per heavy atom. The summed E-state index contributed by atoms with van der Waals surface area (Å²) < 4.78 is 16.4. The normalized spacial score (nSPS) is 11.1. The molecule has 0 unspecified atom stereocenters. The highest BCUT2D eigenvalue weighted by Gasteiger charge is 2.22. The zero-order chi connectivity index (χ0) is 30.8. The largest absolute Gasteiger partial charge is 0.487 e. The summed E-state index contributed by atoms with van der Waals surface area (Å²) in [6.07, 6.45) is -0.356. The molecule has 0 saturated heterocycles. The van der Waals surface area contributed by atoms with Gasteiger partial charge in [-0.05, 0) is 63.2 Å². The van der Waals surface area contributed by atoms with Gasteiger partial charge in [-0.3, -0.25) is 14.9 Å². The number of hydrogen-bond acceptors (Lipinski definition) is 10. The first-order valence-corrected chi connectivity index (χ1v) is 13.1. The van der Waals surface area contributed by atoms with Crippen molar-refractivity contribution in [1.29, 1.82) is 0 Å². The van der Waals surface area contributed by atoms with Crippen LogP contribution in [0.25, 0.3) is 0 Å². The van der Waals surface area contributed by atoms with Crippen LogP contribution in [0.4, 0.5) is 17.1 Å². The lowest BCUT2D eigenvalue weighted by Gasteiger charge is -2.19. The fourth-order valence-corrected chi connectivity index (χ4v) is 3.92. The monoisotopic (exact) mass is 599 g/mol. The van der Waals surface area contributed by atoms with Crippen molar-refractivity contribution in [3.8, 4) is 11.5 Å². The van der Waals surface area contributed by atoms with Crippen LogP contribution in [0.15, 0.2) is 59.8 Å². The molecule has 222 valence electrons. The van der Waals surface area contributed by atoms with Gasteiger partial charge < -0.3 is 35.8 Å². The Kier molecular flexibility index (Phi) is 10.9. The van der Waals surface area contributed by atoms with Gasteiger partial charge in [0.05, 0.1) is 29.3 Å². The molecule has 0 atom stereocenters. The molecule has 0 bridgehead atoms. The number of carbonyl (C=O) groups excluding carboxylic acids is 2. The second-order valence-electron chi connectivity index (χ2n) is 9.01. The third-order valence-corrected chi connectivity index (χ3v) is 5.81. The minimum atomic E-state index is -0.624. The number of nitrogens with zero attached hydrogens (tertiary/aromatic N) is 2. The van der Waals surface area contributed by atoms with E-state index < -0.39 is 23.4 Å². The summed E-state index contributed by atoms with van der Waals surface area (Å²) in [7, 11) is 0. The molecule has 42 heavy (non-hydrogen) atoms. The van der Waals surface area contributed by atoms with Crippen LogP contribution < -0.4 is 25.8 Å². The molecular formula is C28H30ClN5O8. The Morgan fingerprint density at radius 3 is 2.48 bits per heavy atom. The lowest BCUT2D eigenvalue weighted by molar-refractivity contribution is -0.385. The van der Waals surface area contributed by atoms with Gasteiger partial charge in [0.1, 0.15) is 0 Å². The van der Waals surface area contributed by atoms with Gasteiger partial charge in [0.2, 0.25) is 0 Å². The number of rotatable bonds is 13. The molecule has 0 spiro atoms. The minimum absolute atomic E-state index is 0.0509. The second kappa shape index (κ2) is 14.6. The van der Waals surface area contributed by atoms with Crippen LogP contribution in [-0.2, 0) is 16.1 Å². The second-order valence-corrected chi connectivity index (χ2v) is 9.45. The van der Waals surface area contributed by atoms with Crippen molar-refractivity contribution in [2.75, 3.05) is 23.8 Å². The molecule has 0 aromatic heterocycles.